The molecular weight excluding hydrogens is 627 g/mol. The largest absolute Gasteiger partial charge is 0.504 e. The smallest absolute Gasteiger partial charge is 0.227 e. The molecule has 0 bridgehead atoms. The zero-order chi connectivity index (χ0) is 21.3. The number of aromatic nitrogens is 1. The van der Waals surface area contributed by atoms with Crippen molar-refractivity contribution in [2.75, 3.05) is 6.61 Å². The van der Waals surface area contributed by atoms with Crippen LogP contribution in [0.15, 0.2) is 66.9 Å². The van der Waals surface area contributed by atoms with E-state index in [2.05, 4.69) is 64.4 Å². The van der Waals surface area contributed by atoms with Crippen molar-refractivity contribution in [2.24, 2.45) is 4.99 Å². The van der Waals surface area contributed by atoms with Crippen LogP contribution in [0.5, 0.6) is 11.5 Å². The SMILES string of the molecule is CCOc1cc(Br)c(Br)c(C=Nc2ccc3oc(-c4ccc(I)cc4)nc3c2)c1O. The van der Waals surface area contributed by atoms with Crippen molar-refractivity contribution in [3.05, 3.63) is 66.6 Å². The summed E-state index contributed by atoms with van der Waals surface area (Å²) in [5.74, 6) is 0.985. The molecule has 152 valence electrons. The molecule has 0 aliphatic heterocycles. The van der Waals surface area contributed by atoms with Crippen molar-refractivity contribution in [2.45, 2.75) is 6.92 Å². The van der Waals surface area contributed by atoms with Crippen LogP contribution in [0.2, 0.25) is 0 Å². The molecule has 0 spiro atoms. The second-order valence-electron chi connectivity index (χ2n) is 6.30. The molecular formula is C22H15Br2IN2O3. The highest BCUT2D eigenvalue weighted by molar-refractivity contribution is 14.1. The van der Waals surface area contributed by atoms with Gasteiger partial charge in [0.15, 0.2) is 17.1 Å². The van der Waals surface area contributed by atoms with Gasteiger partial charge in [-0.25, -0.2) is 4.98 Å². The molecule has 1 heterocycles. The van der Waals surface area contributed by atoms with Gasteiger partial charge in [0.1, 0.15) is 5.52 Å². The van der Waals surface area contributed by atoms with Crippen molar-refractivity contribution in [3.8, 4) is 23.0 Å². The summed E-state index contributed by atoms with van der Waals surface area (Å²) in [5, 5.41) is 10.5. The predicted molar refractivity (Wildman–Crippen MR) is 134 cm³/mol. The number of rotatable bonds is 5. The van der Waals surface area contributed by atoms with Crippen molar-refractivity contribution < 1.29 is 14.3 Å². The molecule has 0 amide bonds. The van der Waals surface area contributed by atoms with E-state index in [9.17, 15) is 5.11 Å². The summed E-state index contributed by atoms with van der Waals surface area (Å²) >= 11 is 9.21. The third kappa shape index (κ3) is 4.40. The lowest BCUT2D eigenvalue weighted by Crippen LogP contribution is -1.95. The number of nitrogens with zero attached hydrogens (tertiary/aromatic N) is 2. The molecule has 4 aromatic rings. The van der Waals surface area contributed by atoms with E-state index in [0.717, 1.165) is 13.6 Å². The first-order chi connectivity index (χ1) is 14.5. The highest BCUT2D eigenvalue weighted by Gasteiger charge is 2.15. The third-order valence-corrected chi connectivity index (χ3v) is 7.03. The lowest BCUT2D eigenvalue weighted by atomic mass is 10.2. The number of phenols is 1. The standard InChI is InChI=1S/C22H15Br2IN2O3/c1-2-29-19-10-16(23)20(24)15(21(19)28)11-26-14-7-8-18-17(9-14)27-22(30-18)12-3-5-13(25)6-4-12/h3-11,28H,2H2,1H3. The molecule has 1 aromatic heterocycles. The minimum atomic E-state index is 0.0270. The van der Waals surface area contributed by atoms with Crippen LogP contribution < -0.4 is 4.74 Å². The highest BCUT2D eigenvalue weighted by Crippen LogP contribution is 2.40. The van der Waals surface area contributed by atoms with E-state index in [1.165, 1.54) is 0 Å². The Kier molecular flexibility index (Phi) is 6.45. The second-order valence-corrected chi connectivity index (χ2v) is 9.19. The van der Waals surface area contributed by atoms with Crippen LogP contribution in [0, 0.1) is 3.57 Å². The van der Waals surface area contributed by atoms with Gasteiger partial charge in [-0.3, -0.25) is 4.99 Å². The molecule has 5 nitrogen and oxygen atoms in total. The number of ether oxygens (including phenoxy) is 1. The van der Waals surface area contributed by atoms with E-state index >= 15 is 0 Å². The fourth-order valence-electron chi connectivity index (χ4n) is 2.85. The molecule has 0 saturated heterocycles. The van der Waals surface area contributed by atoms with Crippen LogP contribution in [-0.4, -0.2) is 22.9 Å². The number of aromatic hydroxyl groups is 1. The third-order valence-electron chi connectivity index (χ3n) is 4.30. The van der Waals surface area contributed by atoms with Gasteiger partial charge < -0.3 is 14.3 Å². The maximum atomic E-state index is 10.5. The predicted octanol–water partition coefficient (Wildman–Crippen LogP) is 7.48. The maximum Gasteiger partial charge on any atom is 0.227 e. The summed E-state index contributed by atoms with van der Waals surface area (Å²) in [6.07, 6.45) is 1.59. The van der Waals surface area contributed by atoms with Crippen molar-refractivity contribution in [1.29, 1.82) is 0 Å². The fraction of sp³-hybridized carbons (Fsp3) is 0.0909. The Morgan fingerprint density at radius 1 is 1.17 bits per heavy atom. The number of aliphatic imine (C=N–C) groups is 1. The zero-order valence-corrected chi connectivity index (χ0v) is 21.0. The first-order valence-electron chi connectivity index (χ1n) is 9.00. The molecule has 4 rings (SSSR count). The van der Waals surface area contributed by atoms with Gasteiger partial charge in [0, 0.05) is 24.3 Å². The number of halogens is 3. The van der Waals surface area contributed by atoms with Crippen molar-refractivity contribution in [1.82, 2.24) is 4.98 Å². The first kappa shape index (κ1) is 21.3. The molecule has 0 saturated carbocycles. The lowest BCUT2D eigenvalue weighted by Gasteiger charge is -2.11. The van der Waals surface area contributed by atoms with Gasteiger partial charge in [0.05, 0.1) is 17.9 Å². The van der Waals surface area contributed by atoms with E-state index in [-0.39, 0.29) is 5.75 Å². The van der Waals surface area contributed by atoms with Gasteiger partial charge >= 0.3 is 0 Å². The Balaban J connectivity index is 1.68. The minimum Gasteiger partial charge on any atom is -0.504 e. The molecule has 0 unspecified atom stereocenters. The van der Waals surface area contributed by atoms with Crippen LogP contribution in [0.1, 0.15) is 12.5 Å². The normalized spacial score (nSPS) is 11.5. The van der Waals surface area contributed by atoms with Crippen LogP contribution in [-0.2, 0) is 0 Å². The highest BCUT2D eigenvalue weighted by atomic mass is 127. The molecule has 0 atom stereocenters. The quantitative estimate of drug-likeness (QED) is 0.181. The van der Waals surface area contributed by atoms with Crippen LogP contribution >= 0.6 is 54.5 Å². The minimum absolute atomic E-state index is 0.0270. The van der Waals surface area contributed by atoms with Crippen LogP contribution in [0.25, 0.3) is 22.6 Å². The summed E-state index contributed by atoms with van der Waals surface area (Å²) in [5.41, 5.74) is 3.53. The maximum absolute atomic E-state index is 10.5. The van der Waals surface area contributed by atoms with Crippen LogP contribution in [0.3, 0.4) is 0 Å². The Morgan fingerprint density at radius 2 is 1.93 bits per heavy atom. The Labute approximate surface area is 203 Å². The summed E-state index contributed by atoms with van der Waals surface area (Å²) < 4.78 is 14.0. The summed E-state index contributed by atoms with van der Waals surface area (Å²) in [6.45, 7) is 2.31. The van der Waals surface area contributed by atoms with Gasteiger partial charge in [0.25, 0.3) is 0 Å². The molecule has 30 heavy (non-hydrogen) atoms. The summed E-state index contributed by atoms with van der Waals surface area (Å²) in [6, 6.07) is 15.2. The van der Waals surface area contributed by atoms with Crippen molar-refractivity contribution in [3.63, 3.8) is 0 Å². The lowest BCUT2D eigenvalue weighted by molar-refractivity contribution is 0.317. The summed E-state index contributed by atoms with van der Waals surface area (Å²) in [7, 11) is 0. The molecule has 1 N–H and O–H groups in total. The van der Waals surface area contributed by atoms with Gasteiger partial charge in [0.2, 0.25) is 5.89 Å². The van der Waals surface area contributed by atoms with E-state index in [4.69, 9.17) is 9.15 Å². The number of fused-ring (bicyclic) bond motifs is 1. The number of hydrogen-bond acceptors (Lipinski definition) is 5. The zero-order valence-electron chi connectivity index (χ0n) is 15.7. The average molecular weight is 642 g/mol. The van der Waals surface area contributed by atoms with E-state index < -0.39 is 0 Å². The Hall–Kier alpha value is -1.91. The topological polar surface area (TPSA) is 67.9 Å². The van der Waals surface area contributed by atoms with E-state index in [1.807, 2.05) is 49.4 Å². The molecule has 0 aliphatic rings. The van der Waals surface area contributed by atoms with Crippen LogP contribution in [0.4, 0.5) is 5.69 Å². The molecule has 0 fully saturated rings. The molecule has 3 aromatic carbocycles. The van der Waals surface area contributed by atoms with E-state index in [1.54, 1.807) is 12.3 Å². The number of benzene rings is 3. The average Bonchev–Trinajstić information content (AvgIpc) is 3.16. The van der Waals surface area contributed by atoms with Gasteiger partial charge in [-0.15, -0.1) is 0 Å². The number of hydrogen-bond donors (Lipinski definition) is 1. The van der Waals surface area contributed by atoms with E-state index in [0.29, 0.717) is 45.1 Å². The molecule has 8 heteroatoms. The first-order valence-corrected chi connectivity index (χ1v) is 11.7. The van der Waals surface area contributed by atoms with Gasteiger partial charge in [-0.05, 0) is 110 Å². The number of oxazole rings is 1. The molecule has 0 radical (unpaired) electrons. The van der Waals surface area contributed by atoms with Gasteiger partial charge in [-0.1, -0.05) is 0 Å². The second kappa shape index (κ2) is 9.07. The summed E-state index contributed by atoms with van der Waals surface area (Å²) in [4.78, 5) is 9.10. The fourth-order valence-corrected chi connectivity index (χ4v) is 4.03. The Bertz CT molecular complexity index is 1250. The van der Waals surface area contributed by atoms with Gasteiger partial charge in [-0.2, -0.15) is 0 Å². The van der Waals surface area contributed by atoms with Crippen molar-refractivity contribution >= 4 is 77.5 Å². The number of phenolic OH excluding ortho intramolecular Hbond substituents is 1. The Morgan fingerprint density at radius 3 is 2.67 bits per heavy atom. The molecule has 0 aliphatic carbocycles. The monoisotopic (exact) mass is 640 g/mol.